The smallest absolute Gasteiger partial charge is 0.418 e. The molecular weight excluding hydrogens is 490 g/mol. The topological polar surface area (TPSA) is 69.0 Å². The van der Waals surface area contributed by atoms with Gasteiger partial charge in [0, 0.05) is 30.4 Å². The first-order chi connectivity index (χ1) is 16.8. The summed E-state index contributed by atoms with van der Waals surface area (Å²) in [6.45, 7) is 4.40. The molecule has 0 fully saturated rings. The first kappa shape index (κ1) is 27.2. The van der Waals surface area contributed by atoms with Crippen LogP contribution in [-0.2, 0) is 12.7 Å². The van der Waals surface area contributed by atoms with Crippen molar-refractivity contribution in [1.29, 1.82) is 0 Å². The minimum absolute atomic E-state index is 0.0472. The maximum atomic E-state index is 13.7. The Morgan fingerprint density at radius 3 is 2.36 bits per heavy atom. The molecule has 0 aliphatic carbocycles. The van der Waals surface area contributed by atoms with Crippen molar-refractivity contribution in [2.24, 2.45) is 5.92 Å². The molecule has 2 heterocycles. The van der Waals surface area contributed by atoms with Crippen molar-refractivity contribution >= 4 is 0 Å². The van der Waals surface area contributed by atoms with Gasteiger partial charge in [0.05, 0.1) is 30.0 Å². The van der Waals surface area contributed by atoms with E-state index in [4.69, 9.17) is 4.74 Å². The van der Waals surface area contributed by atoms with Gasteiger partial charge in [-0.2, -0.15) is 26.3 Å². The van der Waals surface area contributed by atoms with Gasteiger partial charge in [0.25, 0.3) is 5.56 Å². The zero-order valence-electron chi connectivity index (χ0n) is 19.5. The average molecular weight is 514 g/mol. The van der Waals surface area contributed by atoms with Crippen LogP contribution in [0.15, 0.2) is 53.7 Å². The van der Waals surface area contributed by atoms with Crippen LogP contribution < -0.4 is 15.6 Å². The van der Waals surface area contributed by atoms with Gasteiger partial charge < -0.3 is 10.1 Å². The molecule has 3 rings (SSSR count). The van der Waals surface area contributed by atoms with Crippen LogP contribution >= 0.6 is 0 Å². The van der Waals surface area contributed by atoms with E-state index in [9.17, 15) is 31.1 Å². The van der Waals surface area contributed by atoms with E-state index >= 15 is 0 Å². The highest BCUT2D eigenvalue weighted by Gasteiger charge is 2.34. The minimum atomic E-state index is -4.69. The summed E-state index contributed by atoms with van der Waals surface area (Å²) in [7, 11) is 0. The van der Waals surface area contributed by atoms with Crippen LogP contribution in [0.4, 0.5) is 26.3 Å². The van der Waals surface area contributed by atoms with Gasteiger partial charge >= 0.3 is 12.4 Å². The maximum absolute atomic E-state index is 13.7. The predicted octanol–water partition coefficient (Wildman–Crippen LogP) is 5.39. The molecule has 194 valence electrons. The van der Waals surface area contributed by atoms with Crippen LogP contribution in [0.5, 0.6) is 5.88 Å². The number of aromatic nitrogens is 3. The SMILES string of the molecule is CC(C)CNCc1ccc(C(F)(F)F)c(-n2cnc(-c3ccc(OCCC(F)(F)F)nc3)cc2=O)c1. The Kier molecular flexibility index (Phi) is 8.39. The van der Waals surface area contributed by atoms with Gasteiger partial charge in [-0.05, 0) is 36.2 Å². The molecule has 2 aromatic heterocycles. The third-order valence-corrected chi connectivity index (χ3v) is 4.99. The highest BCUT2D eigenvalue weighted by molar-refractivity contribution is 5.58. The fraction of sp³-hybridized carbons (Fsp3) is 0.375. The van der Waals surface area contributed by atoms with Crippen molar-refractivity contribution in [3.05, 3.63) is 70.4 Å². The minimum Gasteiger partial charge on any atom is -0.477 e. The lowest BCUT2D eigenvalue weighted by molar-refractivity contribution is -0.140. The Morgan fingerprint density at radius 2 is 1.78 bits per heavy atom. The van der Waals surface area contributed by atoms with E-state index in [0.29, 0.717) is 30.1 Å². The monoisotopic (exact) mass is 514 g/mol. The molecule has 3 aromatic rings. The average Bonchev–Trinajstić information content (AvgIpc) is 2.77. The number of rotatable bonds is 9. The van der Waals surface area contributed by atoms with Gasteiger partial charge in [-0.25, -0.2) is 9.97 Å². The molecule has 0 unspecified atom stereocenters. The Labute approximate surface area is 203 Å². The van der Waals surface area contributed by atoms with Crippen LogP contribution in [0.1, 0.15) is 31.4 Å². The Balaban J connectivity index is 1.85. The molecule has 0 bridgehead atoms. The van der Waals surface area contributed by atoms with E-state index in [2.05, 4.69) is 15.3 Å². The lowest BCUT2D eigenvalue weighted by Crippen LogP contribution is -2.23. The van der Waals surface area contributed by atoms with Gasteiger partial charge in [0.15, 0.2) is 0 Å². The van der Waals surface area contributed by atoms with Crippen LogP contribution in [0, 0.1) is 5.92 Å². The van der Waals surface area contributed by atoms with E-state index in [1.54, 1.807) is 0 Å². The summed E-state index contributed by atoms with van der Waals surface area (Å²) in [6.07, 6.45) is -7.93. The van der Waals surface area contributed by atoms with E-state index < -0.39 is 36.5 Å². The molecule has 0 aliphatic heterocycles. The molecule has 0 aliphatic rings. The summed E-state index contributed by atoms with van der Waals surface area (Å²) in [5.41, 5.74) is -1.03. The number of nitrogens with zero attached hydrogens (tertiary/aromatic N) is 3. The van der Waals surface area contributed by atoms with Crippen LogP contribution in [0.25, 0.3) is 16.9 Å². The van der Waals surface area contributed by atoms with Gasteiger partial charge in [-0.1, -0.05) is 19.9 Å². The van der Waals surface area contributed by atoms with Crippen LogP contribution in [0.3, 0.4) is 0 Å². The van der Waals surface area contributed by atoms with Crippen molar-refractivity contribution < 1.29 is 31.1 Å². The number of halogens is 6. The lowest BCUT2D eigenvalue weighted by Gasteiger charge is -2.16. The second-order valence-electron chi connectivity index (χ2n) is 8.46. The molecule has 0 saturated carbocycles. The number of nitrogens with one attached hydrogen (secondary N) is 1. The Morgan fingerprint density at radius 1 is 1.03 bits per heavy atom. The van der Waals surface area contributed by atoms with Gasteiger partial charge in [-0.15, -0.1) is 0 Å². The van der Waals surface area contributed by atoms with Crippen molar-refractivity contribution in [3.8, 4) is 22.8 Å². The summed E-state index contributed by atoms with van der Waals surface area (Å²) < 4.78 is 83.4. The summed E-state index contributed by atoms with van der Waals surface area (Å²) in [4.78, 5) is 20.8. The molecule has 0 saturated heterocycles. The Hall–Kier alpha value is -3.41. The fourth-order valence-corrected chi connectivity index (χ4v) is 3.26. The first-order valence-electron chi connectivity index (χ1n) is 11.0. The number of alkyl halides is 6. The number of pyridine rings is 1. The quantitative estimate of drug-likeness (QED) is 0.388. The third kappa shape index (κ3) is 7.54. The number of hydrogen-bond acceptors (Lipinski definition) is 5. The third-order valence-electron chi connectivity index (χ3n) is 4.99. The van der Waals surface area contributed by atoms with E-state index in [1.165, 1.54) is 30.5 Å². The molecule has 12 heteroatoms. The first-order valence-corrected chi connectivity index (χ1v) is 11.0. The van der Waals surface area contributed by atoms with Gasteiger partial charge in [-0.3, -0.25) is 9.36 Å². The Bertz CT molecular complexity index is 1220. The molecular formula is C24H24F6N4O2. The summed E-state index contributed by atoms with van der Waals surface area (Å²) in [6, 6.07) is 7.40. The van der Waals surface area contributed by atoms with Gasteiger partial charge in [0.1, 0.15) is 6.33 Å². The molecule has 6 nitrogen and oxygen atoms in total. The van der Waals surface area contributed by atoms with Crippen molar-refractivity contribution in [2.75, 3.05) is 13.2 Å². The predicted molar refractivity (Wildman–Crippen MR) is 121 cm³/mol. The van der Waals surface area contributed by atoms with Crippen molar-refractivity contribution in [2.45, 2.75) is 39.2 Å². The van der Waals surface area contributed by atoms with Crippen molar-refractivity contribution in [1.82, 2.24) is 19.9 Å². The molecule has 36 heavy (non-hydrogen) atoms. The van der Waals surface area contributed by atoms with E-state index in [1.807, 2.05) is 13.8 Å². The fourth-order valence-electron chi connectivity index (χ4n) is 3.26. The van der Waals surface area contributed by atoms with E-state index in [0.717, 1.165) is 23.0 Å². The normalized spacial score (nSPS) is 12.2. The summed E-state index contributed by atoms with van der Waals surface area (Å²) >= 11 is 0. The summed E-state index contributed by atoms with van der Waals surface area (Å²) in [5.74, 6) is 0.308. The second kappa shape index (κ2) is 11.1. The highest BCUT2D eigenvalue weighted by Crippen LogP contribution is 2.34. The molecule has 1 aromatic carbocycles. The number of hydrogen-bond donors (Lipinski definition) is 1. The zero-order chi connectivity index (χ0) is 26.5. The molecule has 0 radical (unpaired) electrons. The highest BCUT2D eigenvalue weighted by atomic mass is 19.4. The maximum Gasteiger partial charge on any atom is 0.418 e. The standard InChI is InChI=1S/C24H24F6N4O2/c1-15(2)11-31-12-16-3-5-18(24(28,29)30)20(9-16)34-14-33-19(10-22(34)35)17-4-6-21(32-13-17)36-8-7-23(25,26)27/h3-6,9-10,13-15,31H,7-8,11-12H2,1-2H3. The largest absolute Gasteiger partial charge is 0.477 e. The van der Waals surface area contributed by atoms with Crippen molar-refractivity contribution in [3.63, 3.8) is 0 Å². The van der Waals surface area contributed by atoms with Crippen LogP contribution in [-0.4, -0.2) is 33.9 Å². The van der Waals surface area contributed by atoms with Crippen LogP contribution in [0.2, 0.25) is 0 Å². The summed E-state index contributed by atoms with van der Waals surface area (Å²) in [5, 5.41) is 3.15. The second-order valence-corrected chi connectivity index (χ2v) is 8.46. The zero-order valence-corrected chi connectivity index (χ0v) is 19.5. The van der Waals surface area contributed by atoms with E-state index in [-0.39, 0.29) is 17.3 Å². The molecule has 0 spiro atoms. The van der Waals surface area contributed by atoms with Gasteiger partial charge in [0.2, 0.25) is 5.88 Å². The number of benzene rings is 1. The molecule has 0 amide bonds. The lowest BCUT2D eigenvalue weighted by atomic mass is 10.1. The molecule has 0 atom stereocenters. The number of ether oxygens (including phenoxy) is 1. The molecule has 1 N–H and O–H groups in total.